The number of carbonyl (C=O) groups excluding carboxylic acids is 2. The Morgan fingerprint density at radius 3 is 2.82 bits per heavy atom. The van der Waals surface area contributed by atoms with Crippen molar-refractivity contribution in [2.45, 2.75) is 38.5 Å². The van der Waals surface area contributed by atoms with Crippen LogP contribution in [-0.2, 0) is 24.1 Å². The molecule has 0 radical (unpaired) electrons. The van der Waals surface area contributed by atoms with Gasteiger partial charge in [0.1, 0.15) is 0 Å². The van der Waals surface area contributed by atoms with Gasteiger partial charge < -0.3 is 0 Å². The second-order valence-corrected chi connectivity index (χ2v) is 7.52. The number of aryl methyl sites for hydroxylation is 3. The van der Waals surface area contributed by atoms with Crippen LogP contribution < -0.4 is 10.9 Å². The van der Waals surface area contributed by atoms with Crippen LogP contribution in [0.4, 0.5) is 0 Å². The molecule has 0 unspecified atom stereocenters. The van der Waals surface area contributed by atoms with E-state index in [2.05, 4.69) is 10.9 Å². The maximum Gasteiger partial charge on any atom is 0.279 e. The average molecular weight is 334 g/mol. The number of thiophene rings is 2. The second-order valence-electron chi connectivity index (χ2n) is 5.35. The molecule has 0 aliphatic heterocycles. The SMILES string of the molecule is O=C(CCc1cccs1)NNC(=O)c1cc2c(s1)CCCC2. The number of hydrogen-bond acceptors (Lipinski definition) is 4. The number of rotatable bonds is 4. The van der Waals surface area contributed by atoms with E-state index in [4.69, 9.17) is 0 Å². The molecule has 3 rings (SSSR count). The van der Waals surface area contributed by atoms with Crippen molar-refractivity contribution in [3.05, 3.63) is 43.8 Å². The number of fused-ring (bicyclic) bond motifs is 1. The lowest BCUT2D eigenvalue weighted by Gasteiger charge is -2.08. The highest BCUT2D eigenvalue weighted by Gasteiger charge is 2.17. The first-order valence-electron chi connectivity index (χ1n) is 7.45. The standard InChI is InChI=1S/C16H18N2O2S2/c19-15(8-7-12-5-3-9-21-12)17-18-16(20)14-10-11-4-1-2-6-13(11)22-14/h3,5,9-10H,1-2,4,6-8H2,(H,17,19)(H,18,20). The zero-order valence-corrected chi connectivity index (χ0v) is 13.8. The van der Waals surface area contributed by atoms with Crippen molar-refractivity contribution >= 4 is 34.5 Å². The van der Waals surface area contributed by atoms with E-state index < -0.39 is 0 Å². The molecule has 2 aromatic heterocycles. The summed E-state index contributed by atoms with van der Waals surface area (Å²) in [4.78, 5) is 27.0. The summed E-state index contributed by atoms with van der Waals surface area (Å²) < 4.78 is 0. The van der Waals surface area contributed by atoms with Crippen LogP contribution in [-0.4, -0.2) is 11.8 Å². The van der Waals surface area contributed by atoms with Crippen LogP contribution in [0, 0.1) is 0 Å². The molecule has 0 saturated heterocycles. The molecule has 0 aromatic carbocycles. The predicted octanol–water partition coefficient (Wildman–Crippen LogP) is 3.08. The third-order valence-electron chi connectivity index (χ3n) is 3.71. The van der Waals surface area contributed by atoms with E-state index in [0.717, 1.165) is 12.8 Å². The van der Waals surface area contributed by atoms with Gasteiger partial charge in [0.15, 0.2) is 0 Å². The lowest BCUT2D eigenvalue weighted by Crippen LogP contribution is -2.41. The molecule has 1 aliphatic rings. The molecule has 0 fully saturated rings. The van der Waals surface area contributed by atoms with Gasteiger partial charge >= 0.3 is 0 Å². The maximum absolute atomic E-state index is 12.1. The van der Waals surface area contributed by atoms with Crippen molar-refractivity contribution in [2.24, 2.45) is 0 Å². The smallest absolute Gasteiger partial charge is 0.273 e. The van der Waals surface area contributed by atoms with E-state index in [9.17, 15) is 9.59 Å². The van der Waals surface area contributed by atoms with Crippen LogP contribution in [0.3, 0.4) is 0 Å². The van der Waals surface area contributed by atoms with Crippen molar-refractivity contribution in [1.29, 1.82) is 0 Å². The number of carbonyl (C=O) groups is 2. The highest BCUT2D eigenvalue weighted by atomic mass is 32.1. The molecule has 2 heterocycles. The molecule has 4 nitrogen and oxygen atoms in total. The van der Waals surface area contributed by atoms with E-state index >= 15 is 0 Å². The highest BCUT2D eigenvalue weighted by molar-refractivity contribution is 7.14. The monoisotopic (exact) mass is 334 g/mol. The van der Waals surface area contributed by atoms with Gasteiger partial charge in [0.2, 0.25) is 5.91 Å². The third-order valence-corrected chi connectivity index (χ3v) is 5.89. The van der Waals surface area contributed by atoms with Crippen LogP contribution in [0.15, 0.2) is 23.6 Å². The summed E-state index contributed by atoms with van der Waals surface area (Å²) in [6.07, 6.45) is 5.61. The van der Waals surface area contributed by atoms with Gasteiger partial charge in [-0.15, -0.1) is 22.7 Å². The fourth-order valence-electron chi connectivity index (χ4n) is 2.54. The zero-order chi connectivity index (χ0) is 15.4. The van der Waals surface area contributed by atoms with E-state index in [1.165, 1.54) is 28.2 Å². The lowest BCUT2D eigenvalue weighted by atomic mass is 9.99. The number of hydrazine groups is 1. The van der Waals surface area contributed by atoms with Crippen LogP contribution in [0.5, 0.6) is 0 Å². The summed E-state index contributed by atoms with van der Waals surface area (Å²) in [7, 11) is 0. The topological polar surface area (TPSA) is 58.2 Å². The Labute approximate surface area is 137 Å². The summed E-state index contributed by atoms with van der Waals surface area (Å²) in [5, 5.41) is 1.99. The Morgan fingerprint density at radius 2 is 2.05 bits per heavy atom. The minimum atomic E-state index is -0.219. The van der Waals surface area contributed by atoms with Gasteiger partial charge in [-0.1, -0.05) is 6.07 Å². The third kappa shape index (κ3) is 3.75. The van der Waals surface area contributed by atoms with Gasteiger partial charge in [0, 0.05) is 16.2 Å². The predicted molar refractivity (Wildman–Crippen MR) is 89.2 cm³/mol. The summed E-state index contributed by atoms with van der Waals surface area (Å²) in [5.41, 5.74) is 6.31. The quantitative estimate of drug-likeness (QED) is 0.844. The van der Waals surface area contributed by atoms with Crippen LogP contribution in [0.2, 0.25) is 0 Å². The average Bonchev–Trinajstić information content (AvgIpc) is 3.19. The van der Waals surface area contributed by atoms with Crippen molar-refractivity contribution < 1.29 is 9.59 Å². The van der Waals surface area contributed by atoms with Crippen molar-refractivity contribution in [1.82, 2.24) is 10.9 Å². The molecular formula is C16H18N2O2S2. The van der Waals surface area contributed by atoms with Gasteiger partial charge in [-0.3, -0.25) is 20.4 Å². The first-order chi connectivity index (χ1) is 10.7. The fraction of sp³-hybridized carbons (Fsp3) is 0.375. The van der Waals surface area contributed by atoms with Gasteiger partial charge in [-0.05, 0) is 55.2 Å². The maximum atomic E-state index is 12.1. The molecule has 6 heteroatoms. The minimum Gasteiger partial charge on any atom is -0.273 e. The lowest BCUT2D eigenvalue weighted by molar-refractivity contribution is -0.121. The van der Waals surface area contributed by atoms with E-state index in [1.54, 1.807) is 22.7 Å². The fourth-order valence-corrected chi connectivity index (χ4v) is 4.40. The molecule has 0 saturated carbocycles. The van der Waals surface area contributed by atoms with E-state index in [-0.39, 0.29) is 11.8 Å². The normalized spacial score (nSPS) is 13.5. The van der Waals surface area contributed by atoms with Gasteiger partial charge in [0.05, 0.1) is 4.88 Å². The summed E-state index contributed by atoms with van der Waals surface area (Å²) >= 11 is 3.18. The highest BCUT2D eigenvalue weighted by Crippen LogP contribution is 2.29. The molecule has 2 amide bonds. The molecule has 0 bridgehead atoms. The Morgan fingerprint density at radius 1 is 1.18 bits per heavy atom. The molecule has 2 N–H and O–H groups in total. The Bertz CT molecular complexity index is 638. The van der Waals surface area contributed by atoms with Crippen molar-refractivity contribution in [2.75, 3.05) is 0 Å². The minimum absolute atomic E-state index is 0.164. The van der Waals surface area contributed by atoms with Crippen LogP contribution >= 0.6 is 22.7 Å². The summed E-state index contributed by atoms with van der Waals surface area (Å²) in [6, 6.07) is 5.94. The molecule has 0 spiro atoms. The number of amides is 2. The Hall–Kier alpha value is -1.66. The second kappa shape index (κ2) is 7.07. The van der Waals surface area contributed by atoms with E-state index in [1.807, 2.05) is 23.6 Å². The number of hydrogen-bond donors (Lipinski definition) is 2. The van der Waals surface area contributed by atoms with Crippen molar-refractivity contribution in [3.8, 4) is 0 Å². The molecule has 22 heavy (non-hydrogen) atoms. The Kier molecular flexibility index (Phi) is 4.90. The number of nitrogens with one attached hydrogen (secondary N) is 2. The largest absolute Gasteiger partial charge is 0.279 e. The first-order valence-corrected chi connectivity index (χ1v) is 9.15. The summed E-state index contributed by atoms with van der Waals surface area (Å²) in [5.74, 6) is -0.382. The van der Waals surface area contributed by atoms with Crippen molar-refractivity contribution in [3.63, 3.8) is 0 Å². The molecule has 116 valence electrons. The zero-order valence-electron chi connectivity index (χ0n) is 12.2. The van der Waals surface area contributed by atoms with Gasteiger partial charge in [0.25, 0.3) is 5.91 Å². The molecule has 1 aliphatic carbocycles. The first kappa shape index (κ1) is 15.2. The molecule has 2 aromatic rings. The van der Waals surface area contributed by atoms with Crippen LogP contribution in [0.25, 0.3) is 0 Å². The van der Waals surface area contributed by atoms with Crippen LogP contribution in [0.1, 0.15) is 44.3 Å². The molecule has 0 atom stereocenters. The van der Waals surface area contributed by atoms with Gasteiger partial charge in [-0.25, -0.2) is 0 Å². The Balaban J connectivity index is 1.47. The molecular weight excluding hydrogens is 316 g/mol. The summed E-state index contributed by atoms with van der Waals surface area (Å²) in [6.45, 7) is 0. The van der Waals surface area contributed by atoms with E-state index in [0.29, 0.717) is 17.7 Å². The van der Waals surface area contributed by atoms with Gasteiger partial charge in [-0.2, -0.15) is 0 Å².